The summed E-state index contributed by atoms with van der Waals surface area (Å²) in [6.07, 6.45) is -2.96. The molecule has 3 amide bonds. The summed E-state index contributed by atoms with van der Waals surface area (Å²) in [6, 6.07) is 11.4. The molecule has 2 aliphatic rings. The van der Waals surface area contributed by atoms with Gasteiger partial charge in [-0.3, -0.25) is 14.5 Å². The number of urea groups is 1. The highest BCUT2D eigenvalue weighted by molar-refractivity contribution is 5.95. The van der Waals surface area contributed by atoms with E-state index in [2.05, 4.69) is 0 Å². The monoisotopic (exact) mass is 546 g/mol. The number of amides is 3. The van der Waals surface area contributed by atoms with Crippen LogP contribution in [0.15, 0.2) is 48.5 Å². The van der Waals surface area contributed by atoms with Crippen LogP contribution in [-0.2, 0) is 15.7 Å². The van der Waals surface area contributed by atoms with Crippen molar-refractivity contribution in [2.75, 3.05) is 53.9 Å². The molecule has 11 heteroatoms. The van der Waals surface area contributed by atoms with Gasteiger partial charge in [-0.15, -0.1) is 0 Å². The molecule has 0 saturated carbocycles. The molecule has 4 rings (SSSR count). The number of hydrogen-bond acceptors (Lipinski definition) is 5. The minimum Gasteiger partial charge on any atom is -0.468 e. The number of halogens is 3. The molecule has 0 radical (unpaired) electrons. The molecule has 2 fully saturated rings. The van der Waals surface area contributed by atoms with E-state index in [1.165, 1.54) is 19.2 Å². The second-order valence-electron chi connectivity index (χ2n) is 10.1. The molecule has 0 N–H and O–H groups in total. The molecule has 2 heterocycles. The number of carbonyl (C=O) groups is 3. The lowest BCUT2D eigenvalue weighted by Gasteiger charge is -2.30. The number of likely N-dealkylation sites (N-methyl/N-ethyl adjacent to an activating group) is 2. The van der Waals surface area contributed by atoms with Crippen LogP contribution < -0.4 is 0 Å². The molecule has 0 spiro atoms. The largest absolute Gasteiger partial charge is 0.468 e. The van der Waals surface area contributed by atoms with Crippen molar-refractivity contribution in [3.63, 3.8) is 0 Å². The van der Waals surface area contributed by atoms with E-state index in [1.54, 1.807) is 53.1 Å². The molecule has 210 valence electrons. The summed E-state index contributed by atoms with van der Waals surface area (Å²) in [6.45, 7) is 2.49. The second kappa shape index (κ2) is 11.6. The van der Waals surface area contributed by atoms with Crippen LogP contribution in [0.4, 0.5) is 18.0 Å². The molecule has 39 heavy (non-hydrogen) atoms. The fourth-order valence-corrected chi connectivity index (χ4v) is 5.16. The highest BCUT2D eigenvalue weighted by Gasteiger charge is 2.36. The van der Waals surface area contributed by atoms with Crippen LogP contribution in [0, 0.1) is 0 Å². The zero-order valence-corrected chi connectivity index (χ0v) is 22.3. The fraction of sp³-hybridized carbons (Fsp3) is 0.464. The van der Waals surface area contributed by atoms with Gasteiger partial charge in [-0.25, -0.2) is 4.79 Å². The summed E-state index contributed by atoms with van der Waals surface area (Å²) < 4.78 is 43.2. The van der Waals surface area contributed by atoms with Crippen molar-refractivity contribution < 1.29 is 32.3 Å². The van der Waals surface area contributed by atoms with Crippen molar-refractivity contribution in [1.82, 2.24) is 19.6 Å². The van der Waals surface area contributed by atoms with Crippen LogP contribution in [-0.4, -0.2) is 104 Å². The maximum absolute atomic E-state index is 13.1. The van der Waals surface area contributed by atoms with Crippen molar-refractivity contribution in [3.8, 4) is 11.1 Å². The number of alkyl halides is 3. The molecule has 0 unspecified atom stereocenters. The molecule has 2 aromatic rings. The van der Waals surface area contributed by atoms with Crippen LogP contribution in [0.2, 0.25) is 0 Å². The summed E-state index contributed by atoms with van der Waals surface area (Å²) in [5, 5.41) is 0. The Morgan fingerprint density at radius 1 is 0.872 bits per heavy atom. The summed E-state index contributed by atoms with van der Waals surface area (Å²) in [4.78, 5) is 44.9. The van der Waals surface area contributed by atoms with Crippen molar-refractivity contribution in [1.29, 1.82) is 0 Å². The van der Waals surface area contributed by atoms with Crippen LogP contribution >= 0.6 is 0 Å². The first-order valence-electron chi connectivity index (χ1n) is 12.8. The maximum Gasteiger partial charge on any atom is 0.416 e. The summed E-state index contributed by atoms with van der Waals surface area (Å²) in [5.41, 5.74) is 1.09. The average molecular weight is 547 g/mol. The number of carbonyl (C=O) groups excluding carboxylic acids is 3. The minimum absolute atomic E-state index is 0.00347. The van der Waals surface area contributed by atoms with E-state index in [0.717, 1.165) is 25.1 Å². The number of nitrogens with zero attached hydrogens (tertiary/aromatic N) is 4. The van der Waals surface area contributed by atoms with Crippen LogP contribution in [0.25, 0.3) is 11.1 Å². The Balaban J connectivity index is 1.31. The number of benzene rings is 2. The van der Waals surface area contributed by atoms with E-state index in [-0.39, 0.29) is 36.5 Å². The van der Waals surface area contributed by atoms with E-state index >= 15 is 0 Å². The molecule has 2 saturated heterocycles. The molecule has 0 aliphatic carbocycles. The maximum atomic E-state index is 13.1. The van der Waals surface area contributed by atoms with Crippen molar-refractivity contribution in [2.45, 2.75) is 31.1 Å². The lowest BCUT2D eigenvalue weighted by Crippen LogP contribution is -2.47. The van der Waals surface area contributed by atoms with Crippen molar-refractivity contribution in [3.05, 3.63) is 59.7 Å². The van der Waals surface area contributed by atoms with E-state index in [0.29, 0.717) is 42.7 Å². The van der Waals surface area contributed by atoms with Gasteiger partial charge in [0, 0.05) is 51.9 Å². The summed E-state index contributed by atoms with van der Waals surface area (Å²) in [7, 11) is 4.85. The predicted octanol–water partition coefficient (Wildman–Crippen LogP) is 3.82. The normalized spacial score (nSPS) is 19.7. The topological polar surface area (TPSA) is 73.4 Å². The highest BCUT2D eigenvalue weighted by atomic mass is 19.4. The Morgan fingerprint density at radius 3 is 2.03 bits per heavy atom. The quantitative estimate of drug-likeness (QED) is 0.516. The average Bonchev–Trinajstić information content (AvgIpc) is 3.61. The Hall–Kier alpha value is -3.60. The fourth-order valence-electron chi connectivity index (χ4n) is 5.16. The van der Waals surface area contributed by atoms with E-state index in [9.17, 15) is 27.6 Å². The van der Waals surface area contributed by atoms with Gasteiger partial charge in [0.1, 0.15) is 0 Å². The third kappa shape index (κ3) is 6.52. The molecular formula is C28H33F3N4O4. The first kappa shape index (κ1) is 28.4. The van der Waals surface area contributed by atoms with Gasteiger partial charge < -0.3 is 19.4 Å². The van der Waals surface area contributed by atoms with Crippen molar-refractivity contribution >= 4 is 17.9 Å². The minimum atomic E-state index is -4.39. The third-order valence-corrected chi connectivity index (χ3v) is 7.66. The van der Waals surface area contributed by atoms with E-state index in [4.69, 9.17) is 4.74 Å². The third-order valence-electron chi connectivity index (χ3n) is 7.66. The molecule has 0 aromatic heterocycles. The smallest absolute Gasteiger partial charge is 0.416 e. The lowest BCUT2D eigenvalue weighted by molar-refractivity contribution is -0.141. The Bertz CT molecular complexity index is 1190. The number of hydrogen-bond donors (Lipinski definition) is 0. The van der Waals surface area contributed by atoms with Gasteiger partial charge >= 0.3 is 18.2 Å². The van der Waals surface area contributed by atoms with Crippen molar-refractivity contribution in [2.24, 2.45) is 0 Å². The highest BCUT2D eigenvalue weighted by Crippen LogP contribution is 2.31. The van der Waals surface area contributed by atoms with Crippen LogP contribution in [0.3, 0.4) is 0 Å². The van der Waals surface area contributed by atoms with Gasteiger partial charge in [0.15, 0.2) is 0 Å². The SMILES string of the molecule is COC(=O)CN1CC[C@@H](N(C)C(=O)N2CC[C@H](N(C)C(=O)c3ccc(-c4ccc(C(F)(F)F)cc4)cc3)C2)C1. The summed E-state index contributed by atoms with van der Waals surface area (Å²) in [5.74, 6) is -0.482. The molecule has 2 atom stereocenters. The van der Waals surface area contributed by atoms with Gasteiger partial charge in [-0.2, -0.15) is 13.2 Å². The predicted molar refractivity (Wildman–Crippen MR) is 139 cm³/mol. The molecule has 0 bridgehead atoms. The number of methoxy groups -OCH3 is 1. The van der Waals surface area contributed by atoms with Gasteiger partial charge in [0.25, 0.3) is 5.91 Å². The first-order valence-corrected chi connectivity index (χ1v) is 12.8. The molecule has 2 aromatic carbocycles. The van der Waals surface area contributed by atoms with Crippen LogP contribution in [0.1, 0.15) is 28.8 Å². The molecular weight excluding hydrogens is 513 g/mol. The van der Waals surface area contributed by atoms with Crippen LogP contribution in [0.5, 0.6) is 0 Å². The number of likely N-dealkylation sites (tertiary alicyclic amines) is 2. The van der Waals surface area contributed by atoms with Gasteiger partial charge in [0.05, 0.1) is 25.3 Å². The zero-order chi connectivity index (χ0) is 28.3. The van der Waals surface area contributed by atoms with E-state index in [1.807, 2.05) is 4.90 Å². The Labute approximate surface area is 225 Å². The second-order valence-corrected chi connectivity index (χ2v) is 10.1. The Morgan fingerprint density at radius 2 is 1.44 bits per heavy atom. The Kier molecular flexibility index (Phi) is 8.48. The summed E-state index contributed by atoms with van der Waals surface area (Å²) >= 11 is 0. The number of rotatable bonds is 6. The standard InChI is InChI=1S/C28H33F3N4O4/c1-32(26(37)21-6-4-19(5-7-21)20-8-10-22(11-9-20)28(29,30)31)24-13-15-35(17-24)27(38)33(2)23-12-14-34(16-23)18-25(36)39-3/h4-11,23-24H,12-18H2,1-3H3/t23-,24+/m1/s1. The van der Waals surface area contributed by atoms with Gasteiger partial charge in [-0.05, 0) is 48.2 Å². The molecule has 2 aliphatic heterocycles. The number of ether oxygens (including phenoxy) is 1. The van der Waals surface area contributed by atoms with Gasteiger partial charge in [0.2, 0.25) is 0 Å². The molecule has 8 nitrogen and oxygen atoms in total. The van der Waals surface area contributed by atoms with Gasteiger partial charge in [-0.1, -0.05) is 24.3 Å². The zero-order valence-electron chi connectivity index (χ0n) is 22.3. The first-order chi connectivity index (χ1) is 18.5. The van der Waals surface area contributed by atoms with E-state index < -0.39 is 11.7 Å². The lowest BCUT2D eigenvalue weighted by atomic mass is 10.0. The number of esters is 1.